The van der Waals surface area contributed by atoms with Gasteiger partial charge in [0, 0.05) is 24.3 Å². The van der Waals surface area contributed by atoms with Crippen LogP contribution in [-0.4, -0.2) is 44.2 Å². The molecule has 1 aliphatic heterocycles. The lowest BCUT2D eigenvalue weighted by Crippen LogP contribution is -2.43. The average molecular weight is 432 g/mol. The van der Waals surface area contributed by atoms with Crippen LogP contribution in [0.1, 0.15) is 30.1 Å². The van der Waals surface area contributed by atoms with Gasteiger partial charge in [-0.3, -0.25) is 9.59 Å². The van der Waals surface area contributed by atoms with Gasteiger partial charge in [0.25, 0.3) is 0 Å². The summed E-state index contributed by atoms with van der Waals surface area (Å²) in [4.78, 5) is 24.0. The summed E-state index contributed by atoms with van der Waals surface area (Å²) in [5.41, 5.74) is 6.08. The third kappa shape index (κ3) is 4.98. The van der Waals surface area contributed by atoms with Crippen molar-refractivity contribution in [1.82, 2.24) is 4.31 Å². The van der Waals surface area contributed by atoms with Gasteiger partial charge < -0.3 is 15.8 Å². The summed E-state index contributed by atoms with van der Waals surface area (Å²) >= 11 is 0. The zero-order valence-corrected chi connectivity index (χ0v) is 17.5. The summed E-state index contributed by atoms with van der Waals surface area (Å²) in [6.07, 6.45) is 1.19. The molecule has 1 atom stereocenters. The highest BCUT2D eigenvalue weighted by Gasteiger charge is 2.33. The van der Waals surface area contributed by atoms with Gasteiger partial charge in [-0.2, -0.15) is 4.31 Å². The Balaban J connectivity index is 1.67. The third-order valence-electron chi connectivity index (χ3n) is 4.96. The van der Waals surface area contributed by atoms with Crippen molar-refractivity contribution < 1.29 is 22.7 Å². The standard InChI is InChI=1S/C21H25N3O5S/c1-2-29-18-9-11-19(12-10-18)30(27,28)24-13-3-4-16(14-24)21(26)23-17-7-5-15(6-8-17)20(22)25/h5-12,16H,2-4,13-14H2,1H3,(H2,22,25)(H,23,26)/t16-/m1/s1. The number of carbonyl (C=O) groups excluding carboxylic acids is 2. The number of hydrogen-bond acceptors (Lipinski definition) is 5. The summed E-state index contributed by atoms with van der Waals surface area (Å²) in [5, 5.41) is 2.78. The number of nitrogens with two attached hydrogens (primary N) is 1. The number of amides is 2. The van der Waals surface area contributed by atoms with Crippen LogP contribution in [0.25, 0.3) is 0 Å². The second-order valence-electron chi connectivity index (χ2n) is 7.04. The summed E-state index contributed by atoms with van der Waals surface area (Å²) in [6, 6.07) is 12.5. The number of sulfonamides is 1. The molecule has 0 unspecified atom stereocenters. The second kappa shape index (κ2) is 9.27. The number of primary amides is 1. The Morgan fingerprint density at radius 2 is 1.80 bits per heavy atom. The van der Waals surface area contributed by atoms with E-state index >= 15 is 0 Å². The van der Waals surface area contributed by atoms with E-state index in [1.54, 1.807) is 24.3 Å². The Bertz CT molecular complexity index is 1000. The molecule has 1 fully saturated rings. The summed E-state index contributed by atoms with van der Waals surface area (Å²) in [7, 11) is -3.70. The predicted octanol–water partition coefficient (Wildman–Crippen LogP) is 2.22. The Labute approximate surface area is 176 Å². The van der Waals surface area contributed by atoms with Crippen LogP contribution in [0.2, 0.25) is 0 Å². The van der Waals surface area contributed by atoms with E-state index in [4.69, 9.17) is 10.5 Å². The Hall–Kier alpha value is -2.91. The second-order valence-corrected chi connectivity index (χ2v) is 8.98. The molecule has 2 amide bonds. The van der Waals surface area contributed by atoms with E-state index < -0.39 is 21.8 Å². The zero-order chi connectivity index (χ0) is 21.7. The van der Waals surface area contributed by atoms with Crippen LogP contribution in [0.3, 0.4) is 0 Å². The molecule has 2 aromatic carbocycles. The van der Waals surface area contributed by atoms with E-state index in [0.29, 0.717) is 43.0 Å². The molecule has 0 bridgehead atoms. The topological polar surface area (TPSA) is 119 Å². The highest BCUT2D eigenvalue weighted by atomic mass is 32.2. The Kier molecular flexibility index (Phi) is 6.73. The van der Waals surface area contributed by atoms with Gasteiger partial charge in [0.2, 0.25) is 21.8 Å². The monoisotopic (exact) mass is 431 g/mol. The number of hydrogen-bond donors (Lipinski definition) is 2. The third-order valence-corrected chi connectivity index (χ3v) is 6.84. The summed E-state index contributed by atoms with van der Waals surface area (Å²) < 4.78 is 32.7. The van der Waals surface area contributed by atoms with Crippen LogP contribution >= 0.6 is 0 Å². The van der Waals surface area contributed by atoms with Crippen LogP contribution in [0.15, 0.2) is 53.4 Å². The fourth-order valence-electron chi connectivity index (χ4n) is 3.36. The van der Waals surface area contributed by atoms with E-state index in [0.717, 1.165) is 0 Å². The maximum Gasteiger partial charge on any atom is 0.248 e. The lowest BCUT2D eigenvalue weighted by atomic mass is 9.98. The van der Waals surface area contributed by atoms with E-state index in [1.807, 2.05) is 6.92 Å². The first-order valence-corrected chi connectivity index (χ1v) is 11.2. The fraction of sp³-hybridized carbons (Fsp3) is 0.333. The van der Waals surface area contributed by atoms with E-state index in [9.17, 15) is 18.0 Å². The molecule has 0 aliphatic carbocycles. The van der Waals surface area contributed by atoms with Gasteiger partial charge in [0.05, 0.1) is 17.4 Å². The molecule has 9 heteroatoms. The van der Waals surface area contributed by atoms with E-state index in [2.05, 4.69) is 5.32 Å². The lowest BCUT2D eigenvalue weighted by Gasteiger charge is -2.31. The number of ether oxygens (including phenoxy) is 1. The van der Waals surface area contributed by atoms with Crippen LogP contribution < -0.4 is 15.8 Å². The number of rotatable bonds is 7. The number of nitrogens with zero attached hydrogens (tertiary/aromatic N) is 1. The molecule has 0 saturated carbocycles. The van der Waals surface area contributed by atoms with Gasteiger partial charge in [0.15, 0.2) is 0 Å². The predicted molar refractivity (Wildman–Crippen MR) is 113 cm³/mol. The number of anilines is 1. The minimum Gasteiger partial charge on any atom is -0.494 e. The van der Waals surface area contributed by atoms with Crippen molar-refractivity contribution in [3.05, 3.63) is 54.1 Å². The van der Waals surface area contributed by atoms with Gasteiger partial charge in [0.1, 0.15) is 5.75 Å². The normalized spacial score (nSPS) is 17.3. The molecule has 0 spiro atoms. The van der Waals surface area contributed by atoms with Crippen molar-refractivity contribution in [3.8, 4) is 5.75 Å². The molecule has 1 saturated heterocycles. The zero-order valence-electron chi connectivity index (χ0n) is 16.7. The molecule has 1 aliphatic rings. The summed E-state index contributed by atoms with van der Waals surface area (Å²) in [5.74, 6) is -0.662. The summed E-state index contributed by atoms with van der Waals surface area (Å²) in [6.45, 7) is 2.84. The van der Waals surface area contributed by atoms with Gasteiger partial charge in [-0.25, -0.2) is 8.42 Å². The van der Waals surface area contributed by atoms with Crippen LogP contribution in [0.5, 0.6) is 5.75 Å². The number of benzene rings is 2. The minimum absolute atomic E-state index is 0.112. The molecule has 1 heterocycles. The van der Waals surface area contributed by atoms with E-state index in [-0.39, 0.29) is 17.3 Å². The highest BCUT2D eigenvalue weighted by Crippen LogP contribution is 2.26. The minimum atomic E-state index is -3.70. The average Bonchev–Trinajstić information content (AvgIpc) is 2.75. The number of nitrogens with one attached hydrogen (secondary N) is 1. The fourth-order valence-corrected chi connectivity index (χ4v) is 4.88. The maximum absolute atomic E-state index is 13.0. The first-order chi connectivity index (χ1) is 14.3. The van der Waals surface area contributed by atoms with Crippen LogP contribution in [0, 0.1) is 5.92 Å². The molecule has 30 heavy (non-hydrogen) atoms. The van der Waals surface area contributed by atoms with Crippen LogP contribution in [-0.2, 0) is 14.8 Å². The Morgan fingerprint density at radius 3 is 2.40 bits per heavy atom. The molecule has 3 N–H and O–H groups in total. The molecule has 0 aromatic heterocycles. The van der Waals surface area contributed by atoms with Gasteiger partial charge in [-0.1, -0.05) is 0 Å². The van der Waals surface area contributed by atoms with Gasteiger partial charge in [-0.05, 0) is 68.3 Å². The molecular formula is C21H25N3O5S. The first kappa shape index (κ1) is 21.8. The number of carbonyl (C=O) groups is 2. The SMILES string of the molecule is CCOc1ccc(S(=O)(=O)N2CCC[C@@H](C(=O)Nc3ccc(C(N)=O)cc3)C2)cc1. The van der Waals surface area contributed by atoms with Gasteiger partial charge in [-0.15, -0.1) is 0 Å². The van der Waals surface area contributed by atoms with Crippen molar-refractivity contribution in [2.45, 2.75) is 24.7 Å². The van der Waals surface area contributed by atoms with Crippen molar-refractivity contribution in [1.29, 1.82) is 0 Å². The molecule has 8 nitrogen and oxygen atoms in total. The Morgan fingerprint density at radius 1 is 1.13 bits per heavy atom. The lowest BCUT2D eigenvalue weighted by molar-refractivity contribution is -0.120. The quantitative estimate of drug-likeness (QED) is 0.697. The molecule has 0 radical (unpaired) electrons. The van der Waals surface area contributed by atoms with Gasteiger partial charge >= 0.3 is 0 Å². The van der Waals surface area contributed by atoms with Crippen molar-refractivity contribution in [2.24, 2.45) is 11.7 Å². The smallest absolute Gasteiger partial charge is 0.248 e. The molecular weight excluding hydrogens is 406 g/mol. The van der Waals surface area contributed by atoms with Crippen molar-refractivity contribution in [2.75, 3.05) is 25.0 Å². The molecule has 3 rings (SSSR count). The van der Waals surface area contributed by atoms with E-state index in [1.165, 1.54) is 28.6 Å². The first-order valence-electron chi connectivity index (χ1n) is 9.75. The van der Waals surface area contributed by atoms with Crippen LogP contribution in [0.4, 0.5) is 5.69 Å². The maximum atomic E-state index is 13.0. The number of piperidine rings is 1. The molecule has 160 valence electrons. The molecule has 2 aromatic rings. The van der Waals surface area contributed by atoms with Crippen molar-refractivity contribution in [3.63, 3.8) is 0 Å². The largest absolute Gasteiger partial charge is 0.494 e. The van der Waals surface area contributed by atoms with Crippen molar-refractivity contribution >= 4 is 27.5 Å². The highest BCUT2D eigenvalue weighted by molar-refractivity contribution is 7.89.